The first-order chi connectivity index (χ1) is 5.38. The second-order valence-corrected chi connectivity index (χ2v) is 5.28. The second-order valence-electron chi connectivity index (χ2n) is 4.01. The monoisotopic (exact) mass is 189 g/mol. The van der Waals surface area contributed by atoms with E-state index in [1.807, 2.05) is 27.0 Å². The van der Waals surface area contributed by atoms with Gasteiger partial charge in [0.1, 0.15) is 0 Å². The minimum Gasteiger partial charge on any atom is -0.355 e. The first-order valence-electron chi connectivity index (χ1n) is 4.19. The Labute approximate surface area is 79.5 Å². The van der Waals surface area contributed by atoms with Crippen LogP contribution in [0.3, 0.4) is 0 Å². The molecule has 0 radical (unpaired) electrons. The summed E-state index contributed by atoms with van der Waals surface area (Å²) in [5, 5.41) is 3.41. The van der Waals surface area contributed by atoms with Crippen LogP contribution in [-0.4, -0.2) is 24.0 Å². The lowest BCUT2D eigenvalue weighted by atomic mass is 9.96. The fourth-order valence-electron chi connectivity index (χ4n) is 0.585. The number of hydrogen-bond acceptors (Lipinski definition) is 2. The fourth-order valence-corrected chi connectivity index (χ4v) is 0.835. The van der Waals surface area contributed by atoms with Crippen LogP contribution in [0.5, 0.6) is 0 Å². The molecule has 1 unspecified atom stereocenters. The van der Waals surface area contributed by atoms with Crippen LogP contribution >= 0.6 is 11.8 Å². The zero-order chi connectivity index (χ0) is 9.78. The van der Waals surface area contributed by atoms with Crippen molar-refractivity contribution >= 4 is 17.7 Å². The number of hydrogen-bond donors (Lipinski definition) is 1. The van der Waals surface area contributed by atoms with E-state index < -0.39 is 0 Å². The minimum absolute atomic E-state index is 0.128. The lowest BCUT2D eigenvalue weighted by molar-refractivity contribution is -0.128. The van der Waals surface area contributed by atoms with Crippen molar-refractivity contribution in [3.63, 3.8) is 0 Å². The van der Waals surface area contributed by atoms with Gasteiger partial charge in [0.25, 0.3) is 0 Å². The van der Waals surface area contributed by atoms with Gasteiger partial charge in [-0.3, -0.25) is 4.79 Å². The summed E-state index contributed by atoms with van der Waals surface area (Å²) in [5.41, 5.74) is -0.266. The van der Waals surface area contributed by atoms with Gasteiger partial charge in [-0.25, -0.2) is 0 Å². The molecule has 1 atom stereocenters. The maximum Gasteiger partial charge on any atom is 0.225 e. The van der Waals surface area contributed by atoms with Crippen LogP contribution in [0.25, 0.3) is 0 Å². The largest absolute Gasteiger partial charge is 0.355 e. The quantitative estimate of drug-likeness (QED) is 0.734. The number of carbonyl (C=O) groups excluding carboxylic acids is 1. The molecule has 12 heavy (non-hydrogen) atoms. The van der Waals surface area contributed by atoms with Gasteiger partial charge < -0.3 is 5.32 Å². The van der Waals surface area contributed by atoms with Crippen LogP contribution in [0.4, 0.5) is 0 Å². The number of nitrogens with one attached hydrogen (secondary N) is 1. The van der Waals surface area contributed by atoms with E-state index in [0.717, 1.165) is 6.54 Å². The van der Waals surface area contributed by atoms with Crippen LogP contribution < -0.4 is 5.32 Å². The third-order valence-electron chi connectivity index (χ3n) is 1.63. The minimum atomic E-state index is -0.266. The topological polar surface area (TPSA) is 29.1 Å². The highest BCUT2D eigenvalue weighted by atomic mass is 32.2. The molecular formula is C9H19NOS. The summed E-state index contributed by atoms with van der Waals surface area (Å²) in [6, 6.07) is 0. The highest BCUT2D eigenvalue weighted by Crippen LogP contribution is 2.12. The van der Waals surface area contributed by atoms with Crippen LogP contribution in [0.2, 0.25) is 0 Å². The summed E-state index contributed by atoms with van der Waals surface area (Å²) in [6.07, 6.45) is 2.05. The van der Waals surface area contributed by atoms with Gasteiger partial charge in [-0.2, -0.15) is 11.8 Å². The lowest BCUT2D eigenvalue weighted by Gasteiger charge is -2.19. The second kappa shape index (κ2) is 4.75. The molecule has 0 rings (SSSR count). The number of amides is 1. The Kier molecular flexibility index (Phi) is 4.68. The van der Waals surface area contributed by atoms with Gasteiger partial charge in [-0.05, 0) is 6.26 Å². The molecule has 0 aliphatic heterocycles. The van der Waals surface area contributed by atoms with E-state index in [1.165, 1.54) is 0 Å². The predicted octanol–water partition coefficient (Wildman–Crippen LogP) is 1.90. The van der Waals surface area contributed by atoms with Crippen molar-refractivity contribution in [2.75, 3.05) is 12.8 Å². The molecule has 72 valence electrons. The Morgan fingerprint density at radius 3 is 2.33 bits per heavy atom. The van der Waals surface area contributed by atoms with Crippen molar-refractivity contribution in [1.82, 2.24) is 5.32 Å². The van der Waals surface area contributed by atoms with Crippen molar-refractivity contribution in [2.24, 2.45) is 5.41 Å². The molecule has 1 N–H and O–H groups in total. The number of thioether (sulfide) groups is 1. The molecule has 0 aliphatic rings. The van der Waals surface area contributed by atoms with E-state index in [-0.39, 0.29) is 11.3 Å². The maximum atomic E-state index is 11.4. The molecule has 0 heterocycles. The van der Waals surface area contributed by atoms with Gasteiger partial charge in [-0.1, -0.05) is 27.7 Å². The average Bonchev–Trinajstić information content (AvgIpc) is 1.97. The molecule has 0 aromatic heterocycles. The van der Waals surface area contributed by atoms with E-state index in [1.54, 1.807) is 11.8 Å². The van der Waals surface area contributed by atoms with Gasteiger partial charge in [-0.15, -0.1) is 0 Å². The van der Waals surface area contributed by atoms with E-state index in [0.29, 0.717) is 5.25 Å². The van der Waals surface area contributed by atoms with E-state index in [4.69, 9.17) is 0 Å². The summed E-state index contributed by atoms with van der Waals surface area (Å²) < 4.78 is 0. The standard InChI is InChI=1S/C9H19NOS/c1-7(12-5)6-10-8(11)9(2,3)4/h7H,6H2,1-5H3,(H,10,11). The maximum absolute atomic E-state index is 11.4. The van der Waals surface area contributed by atoms with Crippen molar-refractivity contribution in [3.8, 4) is 0 Å². The summed E-state index contributed by atoms with van der Waals surface area (Å²) in [7, 11) is 0. The van der Waals surface area contributed by atoms with Gasteiger partial charge >= 0.3 is 0 Å². The van der Waals surface area contributed by atoms with Crippen molar-refractivity contribution in [1.29, 1.82) is 0 Å². The Morgan fingerprint density at radius 1 is 1.50 bits per heavy atom. The SMILES string of the molecule is CSC(C)CNC(=O)C(C)(C)C. The third-order valence-corrected chi connectivity index (χ3v) is 2.61. The summed E-state index contributed by atoms with van der Waals surface area (Å²) in [6.45, 7) is 8.63. The van der Waals surface area contributed by atoms with Crippen molar-refractivity contribution < 1.29 is 4.79 Å². The lowest BCUT2D eigenvalue weighted by Crippen LogP contribution is -2.37. The van der Waals surface area contributed by atoms with Crippen molar-refractivity contribution in [2.45, 2.75) is 32.9 Å². The molecule has 0 spiro atoms. The Morgan fingerprint density at radius 2 is 2.00 bits per heavy atom. The molecule has 0 fully saturated rings. The fraction of sp³-hybridized carbons (Fsp3) is 0.889. The van der Waals surface area contributed by atoms with E-state index in [9.17, 15) is 4.79 Å². The van der Waals surface area contributed by atoms with Crippen LogP contribution in [0.1, 0.15) is 27.7 Å². The summed E-state index contributed by atoms with van der Waals surface area (Å²) >= 11 is 1.76. The molecule has 0 bridgehead atoms. The number of rotatable bonds is 3. The highest BCUT2D eigenvalue weighted by Gasteiger charge is 2.20. The molecule has 2 nitrogen and oxygen atoms in total. The normalized spacial score (nSPS) is 14.1. The zero-order valence-corrected chi connectivity index (χ0v) is 9.42. The first-order valence-corrected chi connectivity index (χ1v) is 5.48. The Bertz CT molecular complexity index is 151. The number of carbonyl (C=O) groups is 1. The van der Waals surface area contributed by atoms with Gasteiger partial charge in [0.15, 0.2) is 0 Å². The molecule has 3 heteroatoms. The smallest absolute Gasteiger partial charge is 0.225 e. The van der Waals surface area contributed by atoms with Crippen molar-refractivity contribution in [3.05, 3.63) is 0 Å². The molecule has 1 amide bonds. The molecular weight excluding hydrogens is 170 g/mol. The van der Waals surface area contributed by atoms with Crippen LogP contribution in [-0.2, 0) is 4.79 Å². The Hall–Kier alpha value is -0.180. The molecule has 0 aromatic carbocycles. The van der Waals surface area contributed by atoms with Gasteiger partial charge in [0.05, 0.1) is 0 Å². The van der Waals surface area contributed by atoms with Crippen LogP contribution in [0.15, 0.2) is 0 Å². The molecule has 0 saturated carbocycles. The summed E-state index contributed by atoms with van der Waals surface area (Å²) in [4.78, 5) is 11.4. The molecule has 0 aliphatic carbocycles. The average molecular weight is 189 g/mol. The van der Waals surface area contributed by atoms with Gasteiger partial charge in [0.2, 0.25) is 5.91 Å². The van der Waals surface area contributed by atoms with Crippen LogP contribution in [0, 0.1) is 5.41 Å². The van der Waals surface area contributed by atoms with Gasteiger partial charge in [0, 0.05) is 17.2 Å². The summed E-state index contributed by atoms with van der Waals surface area (Å²) in [5.74, 6) is 0.128. The zero-order valence-electron chi connectivity index (χ0n) is 8.60. The molecule has 0 saturated heterocycles. The van der Waals surface area contributed by atoms with E-state index in [2.05, 4.69) is 12.2 Å². The predicted molar refractivity (Wildman–Crippen MR) is 55.4 cm³/mol. The van der Waals surface area contributed by atoms with E-state index >= 15 is 0 Å². The third kappa shape index (κ3) is 4.65. The molecule has 0 aromatic rings. The first kappa shape index (κ1) is 11.8. The highest BCUT2D eigenvalue weighted by molar-refractivity contribution is 7.99. The Balaban J connectivity index is 3.73.